The van der Waals surface area contributed by atoms with Gasteiger partial charge in [-0.2, -0.15) is 0 Å². The summed E-state index contributed by atoms with van der Waals surface area (Å²) < 4.78 is 5.33. The molecule has 0 saturated carbocycles. The zero-order valence-electron chi connectivity index (χ0n) is 13.7. The van der Waals surface area contributed by atoms with Crippen LogP contribution in [0.5, 0.6) is 0 Å². The van der Waals surface area contributed by atoms with Gasteiger partial charge in [-0.15, -0.1) is 0 Å². The molecule has 1 heterocycles. The third-order valence-corrected chi connectivity index (χ3v) is 4.59. The molecule has 1 N–H and O–H groups in total. The number of benzene rings is 1. The zero-order chi connectivity index (χ0) is 15.1. The Bertz CT molecular complexity index is 393. The van der Waals surface area contributed by atoms with Crippen LogP contribution in [0.2, 0.25) is 0 Å². The SMILES string of the molecule is CNC(c1ccccc1)C(C)CN1CCCC(COC)C1. The molecule has 3 unspecified atom stereocenters. The summed E-state index contributed by atoms with van der Waals surface area (Å²) in [5, 5.41) is 3.49. The van der Waals surface area contributed by atoms with Crippen LogP contribution in [0.4, 0.5) is 0 Å². The van der Waals surface area contributed by atoms with E-state index >= 15 is 0 Å². The Morgan fingerprint density at radius 1 is 1.33 bits per heavy atom. The first kappa shape index (κ1) is 16.5. The van der Waals surface area contributed by atoms with E-state index in [1.165, 1.54) is 31.5 Å². The van der Waals surface area contributed by atoms with Crippen LogP contribution in [0.3, 0.4) is 0 Å². The van der Waals surface area contributed by atoms with Gasteiger partial charge in [-0.25, -0.2) is 0 Å². The van der Waals surface area contributed by atoms with E-state index in [0.717, 1.165) is 13.2 Å². The molecule has 1 saturated heterocycles. The number of hydrogen-bond donors (Lipinski definition) is 1. The van der Waals surface area contributed by atoms with E-state index in [2.05, 4.69) is 54.5 Å². The third-order valence-electron chi connectivity index (χ3n) is 4.59. The van der Waals surface area contributed by atoms with E-state index in [9.17, 15) is 0 Å². The van der Waals surface area contributed by atoms with Gasteiger partial charge in [0, 0.05) is 26.2 Å². The van der Waals surface area contributed by atoms with Gasteiger partial charge in [0.1, 0.15) is 0 Å². The second-order valence-electron chi connectivity index (χ2n) is 6.38. The molecule has 1 aromatic rings. The maximum atomic E-state index is 5.33. The van der Waals surface area contributed by atoms with Crippen molar-refractivity contribution in [2.24, 2.45) is 11.8 Å². The predicted octanol–water partition coefficient (Wildman–Crippen LogP) is 2.94. The summed E-state index contributed by atoms with van der Waals surface area (Å²) in [6.45, 7) is 6.83. The van der Waals surface area contributed by atoms with E-state index < -0.39 is 0 Å². The highest BCUT2D eigenvalue weighted by Gasteiger charge is 2.24. The Hall–Kier alpha value is -0.900. The number of methoxy groups -OCH3 is 1. The number of ether oxygens (including phenoxy) is 1. The van der Waals surface area contributed by atoms with Crippen LogP contribution in [-0.2, 0) is 4.74 Å². The molecule has 0 radical (unpaired) electrons. The van der Waals surface area contributed by atoms with Crippen LogP contribution in [0, 0.1) is 11.8 Å². The summed E-state index contributed by atoms with van der Waals surface area (Å²) >= 11 is 0. The number of nitrogens with one attached hydrogen (secondary N) is 1. The first-order chi connectivity index (χ1) is 10.2. The Morgan fingerprint density at radius 3 is 2.76 bits per heavy atom. The predicted molar refractivity (Wildman–Crippen MR) is 88.4 cm³/mol. The van der Waals surface area contributed by atoms with Crippen molar-refractivity contribution in [1.29, 1.82) is 0 Å². The van der Waals surface area contributed by atoms with Crippen molar-refractivity contribution in [2.75, 3.05) is 40.4 Å². The highest BCUT2D eigenvalue weighted by Crippen LogP contribution is 2.24. The molecule has 3 nitrogen and oxygen atoms in total. The van der Waals surface area contributed by atoms with E-state index in [4.69, 9.17) is 4.74 Å². The highest BCUT2D eigenvalue weighted by atomic mass is 16.5. The molecule has 118 valence electrons. The lowest BCUT2D eigenvalue weighted by Crippen LogP contribution is -2.41. The first-order valence-electron chi connectivity index (χ1n) is 8.18. The Labute approximate surface area is 129 Å². The van der Waals surface area contributed by atoms with E-state index in [1.54, 1.807) is 0 Å². The molecule has 1 aliphatic heterocycles. The molecule has 0 bridgehead atoms. The maximum Gasteiger partial charge on any atom is 0.0502 e. The van der Waals surface area contributed by atoms with Gasteiger partial charge >= 0.3 is 0 Å². The Kier molecular flexibility index (Phi) is 6.68. The third kappa shape index (κ3) is 4.80. The lowest BCUT2D eigenvalue weighted by atomic mass is 9.92. The molecular formula is C18H30N2O. The summed E-state index contributed by atoms with van der Waals surface area (Å²) in [5.41, 5.74) is 1.39. The molecule has 0 amide bonds. The van der Waals surface area contributed by atoms with Crippen molar-refractivity contribution in [3.8, 4) is 0 Å². The van der Waals surface area contributed by atoms with Crippen molar-refractivity contribution in [3.05, 3.63) is 35.9 Å². The number of nitrogens with zero attached hydrogens (tertiary/aromatic N) is 1. The fourth-order valence-corrected chi connectivity index (χ4v) is 3.64. The number of hydrogen-bond acceptors (Lipinski definition) is 3. The molecule has 2 rings (SSSR count). The topological polar surface area (TPSA) is 24.5 Å². The number of likely N-dealkylation sites (tertiary alicyclic amines) is 1. The normalized spacial score (nSPS) is 22.9. The number of piperidine rings is 1. The Morgan fingerprint density at radius 2 is 2.10 bits per heavy atom. The summed E-state index contributed by atoms with van der Waals surface area (Å²) in [5.74, 6) is 1.31. The molecule has 0 spiro atoms. The average molecular weight is 290 g/mol. The first-order valence-corrected chi connectivity index (χ1v) is 8.18. The molecule has 1 fully saturated rings. The van der Waals surface area contributed by atoms with Gasteiger partial charge in [-0.3, -0.25) is 0 Å². The van der Waals surface area contributed by atoms with Gasteiger partial charge in [0.2, 0.25) is 0 Å². The summed E-state index contributed by atoms with van der Waals surface area (Å²) in [6.07, 6.45) is 2.61. The Balaban J connectivity index is 1.91. The lowest BCUT2D eigenvalue weighted by Gasteiger charge is -2.36. The van der Waals surface area contributed by atoms with E-state index in [-0.39, 0.29) is 0 Å². The van der Waals surface area contributed by atoms with Gasteiger partial charge in [-0.05, 0) is 43.8 Å². The van der Waals surface area contributed by atoms with Crippen LogP contribution in [0.25, 0.3) is 0 Å². The minimum Gasteiger partial charge on any atom is -0.384 e. The van der Waals surface area contributed by atoms with Gasteiger partial charge < -0.3 is 15.0 Å². The second-order valence-corrected chi connectivity index (χ2v) is 6.38. The van der Waals surface area contributed by atoms with Crippen molar-refractivity contribution in [3.63, 3.8) is 0 Å². The van der Waals surface area contributed by atoms with Gasteiger partial charge in [0.15, 0.2) is 0 Å². The summed E-state index contributed by atoms with van der Waals surface area (Å²) in [4.78, 5) is 2.62. The maximum absolute atomic E-state index is 5.33. The molecular weight excluding hydrogens is 260 g/mol. The standard InChI is InChI=1S/C18H30N2O/c1-15(18(19-2)17-9-5-4-6-10-17)12-20-11-7-8-16(13-20)14-21-3/h4-6,9-10,15-16,18-19H,7-8,11-14H2,1-3H3. The smallest absolute Gasteiger partial charge is 0.0502 e. The summed E-state index contributed by atoms with van der Waals surface area (Å²) in [6, 6.07) is 11.2. The molecule has 1 aliphatic rings. The van der Waals surface area contributed by atoms with Crippen molar-refractivity contribution >= 4 is 0 Å². The highest BCUT2D eigenvalue weighted by molar-refractivity contribution is 5.19. The van der Waals surface area contributed by atoms with Gasteiger partial charge in [0.05, 0.1) is 6.61 Å². The van der Waals surface area contributed by atoms with Crippen molar-refractivity contribution < 1.29 is 4.74 Å². The quantitative estimate of drug-likeness (QED) is 0.835. The lowest BCUT2D eigenvalue weighted by molar-refractivity contribution is 0.0806. The van der Waals surface area contributed by atoms with Crippen molar-refractivity contribution in [2.45, 2.75) is 25.8 Å². The van der Waals surface area contributed by atoms with Crippen LogP contribution < -0.4 is 5.32 Å². The molecule has 3 heteroatoms. The fourth-order valence-electron chi connectivity index (χ4n) is 3.64. The molecule has 0 aliphatic carbocycles. The van der Waals surface area contributed by atoms with Crippen LogP contribution in [0.15, 0.2) is 30.3 Å². The van der Waals surface area contributed by atoms with Crippen molar-refractivity contribution in [1.82, 2.24) is 10.2 Å². The second kappa shape index (κ2) is 8.52. The monoisotopic (exact) mass is 290 g/mol. The molecule has 3 atom stereocenters. The van der Waals surface area contributed by atoms with E-state index in [0.29, 0.717) is 17.9 Å². The largest absolute Gasteiger partial charge is 0.384 e. The van der Waals surface area contributed by atoms with E-state index in [1.807, 2.05) is 7.11 Å². The van der Waals surface area contributed by atoms with Crippen LogP contribution >= 0.6 is 0 Å². The minimum atomic E-state index is 0.425. The zero-order valence-corrected chi connectivity index (χ0v) is 13.7. The van der Waals surface area contributed by atoms with Gasteiger partial charge in [0.25, 0.3) is 0 Å². The minimum absolute atomic E-state index is 0.425. The average Bonchev–Trinajstić information content (AvgIpc) is 2.50. The molecule has 1 aromatic carbocycles. The fraction of sp³-hybridized carbons (Fsp3) is 0.667. The number of rotatable bonds is 7. The molecule has 21 heavy (non-hydrogen) atoms. The molecule has 0 aromatic heterocycles. The van der Waals surface area contributed by atoms with Crippen LogP contribution in [-0.4, -0.2) is 45.3 Å². The van der Waals surface area contributed by atoms with Gasteiger partial charge in [-0.1, -0.05) is 37.3 Å². The summed E-state index contributed by atoms with van der Waals surface area (Å²) in [7, 11) is 3.88. The van der Waals surface area contributed by atoms with Crippen LogP contribution in [0.1, 0.15) is 31.4 Å².